The standard InChI is InChI=1S/C16H17FN2O/c1-12(13-4-6-14(17)7-5-13)10-15(20)19(2)16(11-18)8-3-9-16/h4-7,10H,3,8-9H2,1-2H3/b12-10+. The molecule has 0 heterocycles. The molecular formula is C16H17FN2O. The maximum absolute atomic E-state index is 12.9. The molecule has 0 saturated heterocycles. The topological polar surface area (TPSA) is 44.1 Å². The first-order valence-electron chi connectivity index (χ1n) is 6.62. The fraction of sp³-hybridized carbons (Fsp3) is 0.375. The summed E-state index contributed by atoms with van der Waals surface area (Å²) in [5.74, 6) is -0.490. The molecule has 0 atom stereocenters. The predicted molar refractivity (Wildman–Crippen MR) is 75.0 cm³/mol. The van der Waals surface area contributed by atoms with Gasteiger partial charge in [0.05, 0.1) is 6.07 Å². The lowest BCUT2D eigenvalue weighted by Crippen LogP contribution is -2.52. The van der Waals surface area contributed by atoms with E-state index in [1.807, 2.05) is 0 Å². The first-order chi connectivity index (χ1) is 9.48. The van der Waals surface area contributed by atoms with Gasteiger partial charge < -0.3 is 4.90 Å². The Labute approximate surface area is 118 Å². The van der Waals surface area contributed by atoms with Gasteiger partial charge in [0.25, 0.3) is 0 Å². The van der Waals surface area contributed by atoms with E-state index in [9.17, 15) is 14.4 Å². The number of nitrogens with zero attached hydrogens (tertiary/aromatic N) is 2. The molecule has 0 aliphatic heterocycles. The van der Waals surface area contributed by atoms with E-state index in [0.717, 1.165) is 30.4 Å². The SMILES string of the molecule is C/C(=C\C(=O)N(C)C1(C#N)CCC1)c1ccc(F)cc1. The number of likely N-dealkylation sites (N-methyl/N-ethyl adjacent to an activating group) is 1. The summed E-state index contributed by atoms with van der Waals surface area (Å²) < 4.78 is 12.9. The van der Waals surface area contributed by atoms with Gasteiger partial charge in [-0.25, -0.2) is 4.39 Å². The zero-order valence-corrected chi connectivity index (χ0v) is 11.7. The Morgan fingerprint density at radius 1 is 1.40 bits per heavy atom. The molecule has 0 unspecified atom stereocenters. The van der Waals surface area contributed by atoms with Crippen molar-refractivity contribution in [3.05, 3.63) is 41.7 Å². The number of amides is 1. The Morgan fingerprint density at radius 3 is 2.45 bits per heavy atom. The molecule has 1 aliphatic carbocycles. The van der Waals surface area contributed by atoms with Crippen LogP contribution in [0.25, 0.3) is 5.57 Å². The predicted octanol–water partition coefficient (Wildman–Crippen LogP) is 3.13. The van der Waals surface area contributed by atoms with E-state index < -0.39 is 5.54 Å². The fourth-order valence-corrected chi connectivity index (χ4v) is 2.32. The first-order valence-corrected chi connectivity index (χ1v) is 6.62. The monoisotopic (exact) mass is 272 g/mol. The number of halogens is 1. The molecule has 1 saturated carbocycles. The summed E-state index contributed by atoms with van der Waals surface area (Å²) in [7, 11) is 1.67. The Balaban J connectivity index is 2.15. The maximum Gasteiger partial charge on any atom is 0.247 e. The molecule has 1 aromatic rings. The van der Waals surface area contributed by atoms with Crippen molar-refractivity contribution in [1.29, 1.82) is 5.26 Å². The van der Waals surface area contributed by atoms with Gasteiger partial charge in [-0.2, -0.15) is 5.26 Å². The van der Waals surface area contributed by atoms with E-state index in [-0.39, 0.29) is 11.7 Å². The summed E-state index contributed by atoms with van der Waals surface area (Å²) in [6, 6.07) is 8.25. The van der Waals surface area contributed by atoms with Crippen LogP contribution in [0.4, 0.5) is 4.39 Å². The van der Waals surface area contributed by atoms with E-state index in [0.29, 0.717) is 0 Å². The van der Waals surface area contributed by atoms with Gasteiger partial charge in [0.2, 0.25) is 5.91 Å². The fourth-order valence-electron chi connectivity index (χ4n) is 2.32. The molecule has 20 heavy (non-hydrogen) atoms. The molecule has 3 nitrogen and oxygen atoms in total. The van der Waals surface area contributed by atoms with Crippen molar-refractivity contribution in [1.82, 2.24) is 4.90 Å². The van der Waals surface area contributed by atoms with Gasteiger partial charge >= 0.3 is 0 Å². The average molecular weight is 272 g/mol. The summed E-state index contributed by atoms with van der Waals surface area (Å²) in [4.78, 5) is 13.7. The molecule has 4 heteroatoms. The van der Waals surface area contributed by atoms with Crippen LogP contribution < -0.4 is 0 Å². The Hall–Kier alpha value is -2.15. The minimum Gasteiger partial charge on any atom is -0.323 e. The van der Waals surface area contributed by atoms with Crippen LogP contribution in [-0.2, 0) is 4.79 Å². The van der Waals surface area contributed by atoms with Crippen LogP contribution in [0.3, 0.4) is 0 Å². The van der Waals surface area contributed by atoms with Gasteiger partial charge in [-0.1, -0.05) is 12.1 Å². The number of carbonyl (C=O) groups excluding carboxylic acids is 1. The molecule has 1 aromatic carbocycles. The Morgan fingerprint density at radius 2 is 2.00 bits per heavy atom. The van der Waals surface area contributed by atoms with Crippen molar-refractivity contribution in [2.75, 3.05) is 7.05 Å². The van der Waals surface area contributed by atoms with Crippen LogP contribution in [0.1, 0.15) is 31.7 Å². The number of hydrogen-bond donors (Lipinski definition) is 0. The van der Waals surface area contributed by atoms with Crippen molar-refractivity contribution in [2.24, 2.45) is 0 Å². The molecule has 2 rings (SSSR count). The molecule has 104 valence electrons. The van der Waals surface area contributed by atoms with E-state index in [1.165, 1.54) is 23.1 Å². The molecule has 0 aromatic heterocycles. The molecular weight excluding hydrogens is 255 g/mol. The molecule has 0 bridgehead atoms. The average Bonchev–Trinajstić information content (AvgIpc) is 2.38. The first kappa shape index (κ1) is 14.3. The number of carbonyl (C=O) groups is 1. The van der Waals surface area contributed by atoms with Crippen LogP contribution in [0.2, 0.25) is 0 Å². The maximum atomic E-state index is 12.9. The Kier molecular flexibility index (Phi) is 3.89. The van der Waals surface area contributed by atoms with Crippen molar-refractivity contribution >= 4 is 11.5 Å². The van der Waals surface area contributed by atoms with Crippen LogP contribution in [-0.4, -0.2) is 23.4 Å². The van der Waals surface area contributed by atoms with E-state index >= 15 is 0 Å². The highest BCUT2D eigenvalue weighted by atomic mass is 19.1. The van der Waals surface area contributed by atoms with Gasteiger partial charge in [0.15, 0.2) is 0 Å². The zero-order chi connectivity index (χ0) is 14.8. The molecule has 0 N–H and O–H groups in total. The largest absolute Gasteiger partial charge is 0.323 e. The summed E-state index contributed by atoms with van der Waals surface area (Å²) in [6.07, 6.45) is 3.95. The van der Waals surface area contributed by atoms with E-state index in [2.05, 4.69) is 6.07 Å². The zero-order valence-electron chi connectivity index (χ0n) is 11.7. The lowest BCUT2D eigenvalue weighted by Gasteiger charge is -2.42. The highest BCUT2D eigenvalue weighted by Crippen LogP contribution is 2.36. The summed E-state index contributed by atoms with van der Waals surface area (Å²) >= 11 is 0. The quantitative estimate of drug-likeness (QED) is 0.793. The van der Waals surface area contributed by atoms with Crippen molar-refractivity contribution in [3.63, 3.8) is 0 Å². The number of benzene rings is 1. The minimum absolute atomic E-state index is 0.187. The van der Waals surface area contributed by atoms with Gasteiger partial charge in [0, 0.05) is 13.1 Å². The third-order valence-electron chi connectivity index (χ3n) is 4.00. The molecule has 1 amide bonds. The highest BCUT2D eigenvalue weighted by molar-refractivity contribution is 5.95. The number of nitriles is 1. The number of allylic oxidation sites excluding steroid dienone is 1. The van der Waals surface area contributed by atoms with Gasteiger partial charge in [-0.15, -0.1) is 0 Å². The van der Waals surface area contributed by atoms with Crippen LogP contribution in [0, 0.1) is 17.1 Å². The normalized spacial score (nSPS) is 17.0. The third kappa shape index (κ3) is 2.57. The lowest BCUT2D eigenvalue weighted by atomic mass is 9.76. The van der Waals surface area contributed by atoms with Crippen molar-refractivity contribution in [2.45, 2.75) is 31.7 Å². The summed E-state index contributed by atoms with van der Waals surface area (Å²) in [5, 5.41) is 9.23. The summed E-state index contributed by atoms with van der Waals surface area (Å²) in [5.41, 5.74) is 0.915. The summed E-state index contributed by atoms with van der Waals surface area (Å²) in [6.45, 7) is 1.80. The molecule has 1 aliphatic rings. The van der Waals surface area contributed by atoms with Crippen LogP contribution >= 0.6 is 0 Å². The van der Waals surface area contributed by atoms with Gasteiger partial charge in [-0.3, -0.25) is 4.79 Å². The van der Waals surface area contributed by atoms with Gasteiger partial charge in [-0.05, 0) is 49.5 Å². The lowest BCUT2D eigenvalue weighted by molar-refractivity contribution is -0.130. The second-order valence-corrected chi connectivity index (χ2v) is 5.23. The molecule has 0 spiro atoms. The van der Waals surface area contributed by atoms with Gasteiger partial charge in [0.1, 0.15) is 11.4 Å². The second kappa shape index (κ2) is 5.46. The van der Waals surface area contributed by atoms with E-state index in [4.69, 9.17) is 0 Å². The van der Waals surface area contributed by atoms with Crippen LogP contribution in [0.15, 0.2) is 30.3 Å². The second-order valence-electron chi connectivity index (χ2n) is 5.23. The molecule has 0 radical (unpaired) electrons. The van der Waals surface area contributed by atoms with Crippen LogP contribution in [0.5, 0.6) is 0 Å². The molecule has 1 fully saturated rings. The van der Waals surface area contributed by atoms with Crippen molar-refractivity contribution < 1.29 is 9.18 Å². The van der Waals surface area contributed by atoms with E-state index in [1.54, 1.807) is 26.1 Å². The highest BCUT2D eigenvalue weighted by Gasteiger charge is 2.42. The minimum atomic E-state index is -0.642. The number of rotatable bonds is 3. The number of hydrogen-bond acceptors (Lipinski definition) is 2. The Bertz CT molecular complexity index is 579. The smallest absolute Gasteiger partial charge is 0.247 e. The van der Waals surface area contributed by atoms with Crippen molar-refractivity contribution in [3.8, 4) is 6.07 Å². The third-order valence-corrected chi connectivity index (χ3v) is 4.00.